The van der Waals surface area contributed by atoms with Crippen LogP contribution in [0.5, 0.6) is 0 Å². The lowest BCUT2D eigenvalue weighted by Gasteiger charge is -2.32. The Kier molecular flexibility index (Phi) is 6.63. The molecule has 8 heteroatoms. The number of hydrogen-bond donors (Lipinski definition) is 1. The van der Waals surface area contributed by atoms with Gasteiger partial charge in [0.05, 0.1) is 31.0 Å². The Bertz CT molecular complexity index is 1160. The number of morpholine rings is 1. The summed E-state index contributed by atoms with van der Waals surface area (Å²) in [6.07, 6.45) is 3.73. The third-order valence-corrected chi connectivity index (χ3v) is 7.23. The van der Waals surface area contributed by atoms with Gasteiger partial charge in [-0.25, -0.2) is 4.98 Å². The van der Waals surface area contributed by atoms with Crippen LogP contribution in [0, 0.1) is 20.8 Å². The number of nitrogens with one attached hydrogen (secondary N) is 1. The Morgan fingerprint density at radius 2 is 1.85 bits per heavy atom. The van der Waals surface area contributed by atoms with Crippen molar-refractivity contribution in [3.8, 4) is 5.82 Å². The lowest BCUT2D eigenvalue weighted by Crippen LogP contribution is -2.42. The molecule has 3 aromatic heterocycles. The van der Waals surface area contributed by atoms with Crippen LogP contribution in [0.3, 0.4) is 0 Å². The molecule has 0 aliphatic carbocycles. The van der Waals surface area contributed by atoms with Crippen molar-refractivity contribution in [1.82, 2.24) is 29.7 Å². The van der Waals surface area contributed by atoms with Crippen LogP contribution in [0.2, 0.25) is 0 Å². The van der Waals surface area contributed by atoms with E-state index < -0.39 is 0 Å². The zero-order valence-electron chi connectivity index (χ0n) is 20.1. The quantitative estimate of drug-likeness (QED) is 0.547. The van der Waals surface area contributed by atoms with Gasteiger partial charge in [0.1, 0.15) is 5.82 Å². The van der Waals surface area contributed by atoms with Gasteiger partial charge in [0, 0.05) is 50.0 Å². The SMILES string of the molecule is Cc1ccnc(-n2c(C)cc(C3C(c4ccccn4)NC(=S)N3CCN3CCOCC3)c2C)c1. The number of rotatable bonds is 6. The van der Waals surface area contributed by atoms with Crippen molar-refractivity contribution in [2.75, 3.05) is 39.4 Å². The number of thiocarbonyl (C=S) groups is 1. The molecule has 3 aromatic rings. The summed E-state index contributed by atoms with van der Waals surface area (Å²) in [6, 6.07) is 12.6. The van der Waals surface area contributed by atoms with E-state index in [2.05, 4.69) is 68.6 Å². The average Bonchev–Trinajstić information content (AvgIpc) is 3.33. The lowest BCUT2D eigenvalue weighted by atomic mass is 9.97. The van der Waals surface area contributed by atoms with E-state index in [1.54, 1.807) is 0 Å². The Hall–Kier alpha value is -2.81. The van der Waals surface area contributed by atoms with Crippen LogP contribution in [0.25, 0.3) is 5.82 Å². The zero-order valence-corrected chi connectivity index (χ0v) is 20.9. The summed E-state index contributed by atoms with van der Waals surface area (Å²) in [5.74, 6) is 0.948. The third kappa shape index (κ3) is 4.45. The molecule has 178 valence electrons. The molecule has 0 amide bonds. The third-order valence-electron chi connectivity index (χ3n) is 6.88. The highest BCUT2D eigenvalue weighted by Crippen LogP contribution is 2.41. The van der Waals surface area contributed by atoms with E-state index in [0.29, 0.717) is 0 Å². The standard InChI is InChI=1S/C26H32N6OS/c1-18-7-9-28-23(16-18)32-19(2)17-21(20(32)3)25-24(22-6-4-5-8-27-22)29-26(34)31(25)11-10-30-12-14-33-15-13-30/h4-9,16-17,24-25H,10-15H2,1-3H3,(H,29,34). The van der Waals surface area contributed by atoms with Crippen LogP contribution in [0.1, 0.15) is 40.3 Å². The van der Waals surface area contributed by atoms with Crippen molar-refractivity contribution >= 4 is 17.3 Å². The van der Waals surface area contributed by atoms with E-state index in [-0.39, 0.29) is 12.1 Å². The van der Waals surface area contributed by atoms with E-state index in [1.807, 2.05) is 30.6 Å². The molecule has 5 heterocycles. The topological polar surface area (TPSA) is 58.5 Å². The van der Waals surface area contributed by atoms with Gasteiger partial charge in [-0.15, -0.1) is 0 Å². The molecule has 0 aromatic carbocycles. The number of ether oxygens (including phenoxy) is 1. The maximum Gasteiger partial charge on any atom is 0.170 e. The number of hydrogen-bond acceptors (Lipinski definition) is 5. The molecule has 2 aliphatic heterocycles. The van der Waals surface area contributed by atoms with E-state index in [4.69, 9.17) is 17.0 Å². The normalized spacial score (nSPS) is 21.1. The van der Waals surface area contributed by atoms with Gasteiger partial charge in [0.15, 0.2) is 5.11 Å². The molecular weight excluding hydrogens is 444 g/mol. The fraction of sp³-hybridized carbons (Fsp3) is 0.423. The fourth-order valence-electron chi connectivity index (χ4n) is 5.14. The molecule has 2 unspecified atom stereocenters. The van der Waals surface area contributed by atoms with Crippen LogP contribution < -0.4 is 5.32 Å². The van der Waals surface area contributed by atoms with Crippen molar-refractivity contribution in [1.29, 1.82) is 0 Å². The van der Waals surface area contributed by atoms with Crippen LogP contribution in [-0.2, 0) is 4.74 Å². The summed E-state index contributed by atoms with van der Waals surface area (Å²) < 4.78 is 7.78. The van der Waals surface area contributed by atoms with Crippen LogP contribution in [0.4, 0.5) is 0 Å². The molecular formula is C26H32N6OS. The first-order valence-corrected chi connectivity index (χ1v) is 12.3. The van der Waals surface area contributed by atoms with Gasteiger partial charge < -0.3 is 19.5 Å². The maximum absolute atomic E-state index is 5.88. The van der Waals surface area contributed by atoms with Crippen molar-refractivity contribution in [3.63, 3.8) is 0 Å². The van der Waals surface area contributed by atoms with Crippen LogP contribution >= 0.6 is 12.2 Å². The Balaban J connectivity index is 1.52. The first-order valence-electron chi connectivity index (χ1n) is 11.9. The minimum absolute atomic E-state index is 0.0159. The van der Waals surface area contributed by atoms with Crippen LogP contribution in [0.15, 0.2) is 48.8 Å². The number of nitrogens with zero attached hydrogens (tertiary/aromatic N) is 5. The number of aryl methyl sites for hydroxylation is 2. The van der Waals surface area contributed by atoms with Gasteiger partial charge in [-0.05, 0) is 74.4 Å². The average molecular weight is 477 g/mol. The van der Waals surface area contributed by atoms with Gasteiger partial charge in [0.2, 0.25) is 0 Å². The number of pyridine rings is 2. The first kappa shape index (κ1) is 23.0. The van der Waals surface area contributed by atoms with Crippen molar-refractivity contribution < 1.29 is 4.74 Å². The molecule has 5 rings (SSSR count). The molecule has 2 fully saturated rings. The van der Waals surface area contributed by atoms with E-state index >= 15 is 0 Å². The predicted molar refractivity (Wildman–Crippen MR) is 137 cm³/mol. The molecule has 34 heavy (non-hydrogen) atoms. The highest BCUT2D eigenvalue weighted by molar-refractivity contribution is 7.80. The van der Waals surface area contributed by atoms with E-state index in [9.17, 15) is 0 Å². The molecule has 1 N–H and O–H groups in total. The molecule has 2 saturated heterocycles. The summed E-state index contributed by atoms with van der Waals surface area (Å²) >= 11 is 5.88. The second kappa shape index (κ2) is 9.82. The van der Waals surface area contributed by atoms with Gasteiger partial charge in [-0.2, -0.15) is 0 Å². The minimum atomic E-state index is -0.0159. The summed E-state index contributed by atoms with van der Waals surface area (Å²) in [5, 5.41) is 4.37. The second-order valence-corrected chi connectivity index (χ2v) is 9.51. The van der Waals surface area contributed by atoms with Gasteiger partial charge in [-0.1, -0.05) is 6.07 Å². The highest BCUT2D eigenvalue weighted by atomic mass is 32.1. The van der Waals surface area contributed by atoms with E-state index in [0.717, 1.165) is 61.7 Å². The molecule has 7 nitrogen and oxygen atoms in total. The molecule has 2 atom stereocenters. The zero-order chi connectivity index (χ0) is 23.7. The van der Waals surface area contributed by atoms with Crippen molar-refractivity contribution in [2.24, 2.45) is 0 Å². The minimum Gasteiger partial charge on any atom is -0.379 e. The summed E-state index contributed by atoms with van der Waals surface area (Å²) in [7, 11) is 0. The summed E-state index contributed by atoms with van der Waals surface area (Å²) in [5.41, 5.74) is 5.80. The van der Waals surface area contributed by atoms with Gasteiger partial charge in [-0.3, -0.25) is 9.88 Å². The van der Waals surface area contributed by atoms with Crippen molar-refractivity contribution in [3.05, 3.63) is 77.0 Å². The largest absolute Gasteiger partial charge is 0.379 e. The molecule has 2 aliphatic rings. The fourth-order valence-corrected chi connectivity index (χ4v) is 5.47. The first-order chi connectivity index (χ1) is 16.5. The Morgan fingerprint density at radius 3 is 2.59 bits per heavy atom. The molecule has 0 saturated carbocycles. The van der Waals surface area contributed by atoms with Gasteiger partial charge in [0.25, 0.3) is 0 Å². The molecule has 0 bridgehead atoms. The monoisotopic (exact) mass is 476 g/mol. The smallest absolute Gasteiger partial charge is 0.170 e. The van der Waals surface area contributed by atoms with E-state index in [1.165, 1.54) is 16.8 Å². The lowest BCUT2D eigenvalue weighted by molar-refractivity contribution is 0.0350. The van der Waals surface area contributed by atoms with Crippen LogP contribution in [-0.4, -0.2) is 68.8 Å². The maximum atomic E-state index is 5.88. The summed E-state index contributed by atoms with van der Waals surface area (Å²) in [4.78, 5) is 14.1. The highest BCUT2D eigenvalue weighted by Gasteiger charge is 2.41. The van der Waals surface area contributed by atoms with Crippen molar-refractivity contribution in [2.45, 2.75) is 32.9 Å². The second-order valence-electron chi connectivity index (χ2n) is 9.13. The summed E-state index contributed by atoms with van der Waals surface area (Å²) in [6.45, 7) is 11.8. The predicted octanol–water partition coefficient (Wildman–Crippen LogP) is 3.50. The molecule has 0 spiro atoms. The Morgan fingerprint density at radius 1 is 1.03 bits per heavy atom. The molecule has 0 radical (unpaired) electrons. The number of aromatic nitrogens is 3. The Labute approximate surface area is 206 Å². The van der Waals surface area contributed by atoms with Gasteiger partial charge >= 0.3 is 0 Å².